The van der Waals surface area contributed by atoms with Crippen LogP contribution < -0.4 is 139 Å². The molecule has 48 heavy (non-hydrogen) atoms. The van der Waals surface area contributed by atoms with Crippen molar-refractivity contribution in [1.82, 2.24) is 20.0 Å². The summed E-state index contributed by atoms with van der Waals surface area (Å²) in [5.41, 5.74) is -0.0667. The molecule has 20 heteroatoms. The first kappa shape index (κ1) is 51.5. The van der Waals surface area contributed by atoms with Gasteiger partial charge < -0.3 is 20.4 Å². The van der Waals surface area contributed by atoms with E-state index in [1.54, 1.807) is 28.2 Å². The van der Waals surface area contributed by atoms with Crippen LogP contribution in [0.25, 0.3) is 0 Å². The molecular formula is C28H40N8Na4O4S4. The van der Waals surface area contributed by atoms with Crippen LogP contribution >= 0.6 is 48.9 Å². The Labute approximate surface area is 394 Å². The normalized spacial score (nSPS) is 18.8. The first-order chi connectivity index (χ1) is 20.5. The molecule has 0 aliphatic heterocycles. The fraction of sp³-hybridized carbons (Fsp3) is 0.714. The molecule has 0 aromatic heterocycles. The van der Waals surface area contributed by atoms with Crippen LogP contribution in [0.5, 0.6) is 0 Å². The first-order valence-corrected chi connectivity index (χ1v) is 16.2. The number of rotatable bonds is 12. The van der Waals surface area contributed by atoms with Crippen LogP contribution in [0, 0.1) is 22.7 Å². The van der Waals surface area contributed by atoms with E-state index in [1.165, 1.54) is 20.0 Å². The minimum Gasteiger partial charge on any atom is -0.860 e. The van der Waals surface area contributed by atoms with E-state index in [0.29, 0.717) is 31.8 Å². The van der Waals surface area contributed by atoms with Gasteiger partial charge in [0, 0.05) is 63.7 Å². The van der Waals surface area contributed by atoms with Crippen molar-refractivity contribution in [2.45, 2.75) is 78.1 Å². The van der Waals surface area contributed by atoms with Crippen molar-refractivity contribution in [1.29, 1.82) is 0 Å². The molecular weight excluding hydrogens is 733 g/mol. The van der Waals surface area contributed by atoms with Gasteiger partial charge in [-0.3, -0.25) is 20.0 Å². The summed E-state index contributed by atoms with van der Waals surface area (Å²) in [4.78, 5) is 2.57. The molecule has 4 fully saturated rings. The van der Waals surface area contributed by atoms with Crippen molar-refractivity contribution >= 4 is 92.4 Å². The monoisotopic (exact) mass is 772 g/mol. The fourth-order valence-electron chi connectivity index (χ4n) is 4.03. The van der Waals surface area contributed by atoms with Gasteiger partial charge in [0.2, 0.25) is 0 Å². The van der Waals surface area contributed by atoms with Crippen molar-refractivity contribution in [2.75, 3.05) is 28.2 Å². The summed E-state index contributed by atoms with van der Waals surface area (Å²) in [6.07, 6.45) is 7.47. The first-order valence-electron chi connectivity index (χ1n) is 14.5. The van der Waals surface area contributed by atoms with Gasteiger partial charge in [0.1, 0.15) is 20.0 Å². The van der Waals surface area contributed by atoms with E-state index >= 15 is 0 Å². The number of nitrogens with zero attached hydrogens (tertiary/aromatic N) is 8. The molecule has 4 saturated carbocycles. The van der Waals surface area contributed by atoms with Gasteiger partial charge in [-0.15, -0.1) is 0 Å². The van der Waals surface area contributed by atoms with Crippen molar-refractivity contribution in [3.05, 3.63) is 0 Å². The molecule has 0 saturated heterocycles. The molecule has 0 atom stereocenters. The Morgan fingerprint density at radius 3 is 0.958 bits per heavy atom. The van der Waals surface area contributed by atoms with Gasteiger partial charge in [-0.25, -0.2) is 0 Å². The minimum atomic E-state index is -0.551. The maximum Gasteiger partial charge on any atom is 1.00 e. The third kappa shape index (κ3) is 17.1. The zero-order chi connectivity index (χ0) is 33.0. The molecule has 0 radical (unpaired) electrons. The Morgan fingerprint density at radius 2 is 0.750 bits per heavy atom. The van der Waals surface area contributed by atoms with Crippen molar-refractivity contribution in [2.24, 2.45) is 43.1 Å². The van der Waals surface area contributed by atoms with Crippen LogP contribution in [0.1, 0.15) is 78.1 Å². The van der Waals surface area contributed by atoms with Gasteiger partial charge in [-0.2, -0.15) is 20.4 Å². The van der Waals surface area contributed by atoms with Gasteiger partial charge in [0.15, 0.2) is 0 Å². The molecule has 0 aromatic carbocycles. The molecule has 0 heterocycles. The summed E-state index contributed by atoms with van der Waals surface area (Å²) in [6, 6.07) is 0. The molecule has 0 amide bonds. The Morgan fingerprint density at radius 1 is 0.521 bits per heavy atom. The quantitative estimate of drug-likeness (QED) is 0.0609. The van der Waals surface area contributed by atoms with Crippen LogP contribution in [0.3, 0.4) is 0 Å². The van der Waals surface area contributed by atoms with Crippen LogP contribution in [0.15, 0.2) is 20.4 Å². The van der Waals surface area contributed by atoms with Crippen molar-refractivity contribution in [3.8, 4) is 0 Å². The Bertz CT molecular complexity index is 1200. The summed E-state index contributed by atoms with van der Waals surface area (Å²) < 4.78 is 0. The molecule has 4 aliphatic rings. The Hall–Kier alpha value is 1.44. The molecule has 0 spiro atoms. The third-order valence-corrected chi connectivity index (χ3v) is 10.5. The largest absolute Gasteiger partial charge is 1.00 e. The number of thiocarbonyl (C=S) groups is 4. The summed E-state index contributed by atoms with van der Waals surface area (Å²) >= 11 is 21.0. The third-order valence-electron chi connectivity index (χ3n) is 7.76. The smallest absolute Gasteiger partial charge is 0.860 e. The van der Waals surface area contributed by atoms with E-state index in [-0.39, 0.29) is 142 Å². The maximum atomic E-state index is 11.9. The van der Waals surface area contributed by atoms with E-state index in [2.05, 4.69) is 20.4 Å². The van der Waals surface area contributed by atoms with Gasteiger partial charge in [-0.05, 0) is 75.0 Å². The predicted octanol–water partition coefficient (Wildman–Crippen LogP) is -11.1. The second kappa shape index (κ2) is 22.6. The predicted molar refractivity (Wildman–Crippen MR) is 181 cm³/mol. The second-order valence-electron chi connectivity index (χ2n) is 12.4. The standard InChI is InChI=1S/C15H24N4O2S2.C13H20N4O2S2.4Na/c1-14(5-6-14)12(22)18(3)16-10(20)9-11(21)17-19(4)13(23)15(2)7-8-15;1-16(12(20)8-3-4-8)14-10(18)7-11(19)15-17(2)13(21)9-5-6-9;;;;/h5-9H2,1-4H3,(H,16,20)(H,17,21);8-9H,3-7H2,1-2H3,(H,14,18)(H,15,19);;;;/q;;4*+1/p-4. The van der Waals surface area contributed by atoms with E-state index in [0.717, 1.165) is 51.4 Å². The van der Waals surface area contributed by atoms with Crippen LogP contribution in [0.2, 0.25) is 0 Å². The average molecular weight is 773 g/mol. The molecule has 0 N–H and O–H groups in total. The molecule has 0 bridgehead atoms. The molecule has 4 aliphatic carbocycles. The maximum absolute atomic E-state index is 11.9. The van der Waals surface area contributed by atoms with Crippen molar-refractivity contribution in [3.63, 3.8) is 0 Å². The molecule has 4 rings (SSSR count). The number of hydrazone groups is 4. The Balaban J connectivity index is 0. The second-order valence-corrected chi connectivity index (χ2v) is 14.0. The van der Waals surface area contributed by atoms with Gasteiger partial charge in [-0.1, -0.05) is 62.7 Å². The zero-order valence-corrected chi connectivity index (χ0v) is 41.3. The summed E-state index contributed by atoms with van der Waals surface area (Å²) in [5, 5.41) is 68.1. The topological polar surface area (TPSA) is 155 Å². The number of hydrogen-bond acceptors (Lipinski definition) is 12. The minimum absolute atomic E-state index is 0. The van der Waals surface area contributed by atoms with Crippen LogP contribution in [0.4, 0.5) is 0 Å². The fourth-order valence-corrected chi connectivity index (χ4v) is 5.07. The number of hydrogen-bond donors (Lipinski definition) is 0. The Kier molecular flexibility index (Phi) is 24.3. The molecule has 12 nitrogen and oxygen atoms in total. The van der Waals surface area contributed by atoms with Gasteiger partial charge in [0.05, 0.1) is 0 Å². The van der Waals surface area contributed by atoms with Gasteiger partial charge in [0.25, 0.3) is 0 Å². The van der Waals surface area contributed by atoms with E-state index in [1.807, 2.05) is 13.8 Å². The van der Waals surface area contributed by atoms with E-state index in [4.69, 9.17) is 48.9 Å². The zero-order valence-electron chi connectivity index (χ0n) is 30.1. The SMILES string of the molecule is CN(/N=C(\[O-])C/C([O-])=N/N(C)C(=S)C1(C)CC1)C(=S)C1(C)CC1.CN(/N=C(\[O-])C/C([O-])=N/N(C)C(=S)C1CC1)C(=S)C1CC1.[Na+].[Na+].[Na+].[Na+]. The molecule has 0 aromatic rings. The van der Waals surface area contributed by atoms with E-state index in [9.17, 15) is 20.4 Å². The van der Waals surface area contributed by atoms with E-state index < -0.39 is 23.6 Å². The average Bonchev–Trinajstić information content (AvgIpc) is 3.76. The molecule has 244 valence electrons. The summed E-state index contributed by atoms with van der Waals surface area (Å²) in [7, 11) is 6.55. The van der Waals surface area contributed by atoms with Crippen LogP contribution in [-0.2, 0) is 0 Å². The summed E-state index contributed by atoms with van der Waals surface area (Å²) in [5.74, 6) is -1.48. The van der Waals surface area contributed by atoms with Crippen molar-refractivity contribution < 1.29 is 139 Å². The van der Waals surface area contributed by atoms with Gasteiger partial charge >= 0.3 is 118 Å². The summed E-state index contributed by atoms with van der Waals surface area (Å²) in [6.45, 7) is 4.08. The molecule has 0 unspecified atom stereocenters. The van der Waals surface area contributed by atoms with Crippen LogP contribution in [-0.4, -0.2) is 91.8 Å².